The Morgan fingerprint density at radius 2 is 2.19 bits per heavy atom. The van der Waals surface area contributed by atoms with Gasteiger partial charge in [0.1, 0.15) is 16.8 Å². The van der Waals surface area contributed by atoms with Crippen molar-refractivity contribution in [1.82, 2.24) is 15.6 Å². The molecule has 0 aliphatic carbocycles. The van der Waals surface area contributed by atoms with Crippen LogP contribution < -0.4 is 16.4 Å². The average Bonchev–Trinajstić information content (AvgIpc) is 3.05. The standard InChI is InChI=1S/C14H15N5O6S2/c1-2-5-3-26-11(18-7(5)12(21)22)9(13(23)24)17-10(20)8(19-25)6-4-27-14(15)16-6/h2,4,9,11,18,25H,1,3H2,(H2,15,16)(H,17,20)(H,21,22)(H,23,24)/b19-8+. The number of aromatic nitrogens is 1. The average molecular weight is 413 g/mol. The van der Waals surface area contributed by atoms with Gasteiger partial charge in [-0.1, -0.05) is 17.8 Å². The molecule has 1 aliphatic heterocycles. The molecule has 1 aromatic heterocycles. The van der Waals surface area contributed by atoms with E-state index in [-0.39, 0.29) is 22.3 Å². The Bertz CT molecular complexity index is 849. The van der Waals surface area contributed by atoms with Gasteiger partial charge in [0, 0.05) is 11.1 Å². The van der Waals surface area contributed by atoms with Gasteiger partial charge in [0.15, 0.2) is 16.9 Å². The zero-order valence-corrected chi connectivity index (χ0v) is 15.2. The van der Waals surface area contributed by atoms with Crippen molar-refractivity contribution in [2.75, 3.05) is 11.5 Å². The lowest BCUT2D eigenvalue weighted by Gasteiger charge is -2.30. The topological polar surface area (TPSA) is 187 Å². The predicted octanol–water partition coefficient (Wildman–Crippen LogP) is -0.340. The maximum Gasteiger partial charge on any atom is 0.352 e. The van der Waals surface area contributed by atoms with E-state index in [9.17, 15) is 24.6 Å². The molecule has 0 saturated carbocycles. The van der Waals surface area contributed by atoms with E-state index in [0.717, 1.165) is 23.1 Å². The number of thiazole rings is 1. The number of rotatable bonds is 7. The van der Waals surface area contributed by atoms with Crippen LogP contribution in [0.25, 0.3) is 0 Å². The summed E-state index contributed by atoms with van der Waals surface area (Å²) >= 11 is 2.09. The van der Waals surface area contributed by atoms with E-state index in [4.69, 9.17) is 10.9 Å². The molecule has 2 atom stereocenters. The van der Waals surface area contributed by atoms with Crippen LogP contribution in [0, 0.1) is 0 Å². The molecule has 13 heteroatoms. The Morgan fingerprint density at radius 3 is 2.67 bits per heavy atom. The first-order valence-electron chi connectivity index (χ1n) is 7.22. The van der Waals surface area contributed by atoms with Gasteiger partial charge in [0.2, 0.25) is 0 Å². The van der Waals surface area contributed by atoms with E-state index in [0.29, 0.717) is 5.57 Å². The van der Waals surface area contributed by atoms with Crippen LogP contribution in [0.3, 0.4) is 0 Å². The fourth-order valence-corrected chi connectivity index (χ4v) is 3.90. The minimum atomic E-state index is -1.52. The Morgan fingerprint density at radius 1 is 1.48 bits per heavy atom. The van der Waals surface area contributed by atoms with Crippen LogP contribution in [0.2, 0.25) is 0 Å². The number of anilines is 1. The van der Waals surface area contributed by atoms with Gasteiger partial charge in [0.25, 0.3) is 5.91 Å². The summed E-state index contributed by atoms with van der Waals surface area (Å²) in [4.78, 5) is 39.1. The van der Waals surface area contributed by atoms with Gasteiger partial charge in [-0.05, 0) is 5.57 Å². The molecule has 1 amide bonds. The minimum Gasteiger partial charge on any atom is -0.480 e. The van der Waals surface area contributed by atoms with Crippen LogP contribution >= 0.6 is 23.1 Å². The van der Waals surface area contributed by atoms with Gasteiger partial charge in [-0.2, -0.15) is 0 Å². The lowest BCUT2D eigenvalue weighted by atomic mass is 10.2. The molecule has 0 radical (unpaired) electrons. The van der Waals surface area contributed by atoms with Gasteiger partial charge in [-0.15, -0.1) is 23.1 Å². The molecular weight excluding hydrogens is 398 g/mol. The Labute approximate surface area is 160 Å². The summed E-state index contributed by atoms with van der Waals surface area (Å²) in [5.41, 5.74) is 5.13. The highest BCUT2D eigenvalue weighted by molar-refractivity contribution is 8.00. The van der Waals surface area contributed by atoms with Crippen molar-refractivity contribution in [2.45, 2.75) is 11.4 Å². The number of oxime groups is 1. The van der Waals surface area contributed by atoms with Crippen LogP contribution in [-0.2, 0) is 14.4 Å². The first kappa shape index (κ1) is 20.3. The van der Waals surface area contributed by atoms with Crippen LogP contribution in [0.4, 0.5) is 5.13 Å². The number of aliphatic carboxylic acids is 2. The van der Waals surface area contributed by atoms with Crippen molar-refractivity contribution in [3.63, 3.8) is 0 Å². The van der Waals surface area contributed by atoms with Gasteiger partial charge >= 0.3 is 11.9 Å². The van der Waals surface area contributed by atoms with E-state index in [1.807, 2.05) is 0 Å². The molecule has 7 N–H and O–H groups in total. The van der Waals surface area contributed by atoms with Crippen molar-refractivity contribution >= 4 is 51.8 Å². The van der Waals surface area contributed by atoms with Crippen LogP contribution in [0.15, 0.2) is 34.5 Å². The van der Waals surface area contributed by atoms with E-state index in [1.54, 1.807) is 0 Å². The second-order valence-corrected chi connectivity index (χ2v) is 7.11. The largest absolute Gasteiger partial charge is 0.480 e. The maximum atomic E-state index is 12.4. The first-order chi connectivity index (χ1) is 12.8. The molecular formula is C14H15N5O6S2. The molecule has 2 unspecified atom stereocenters. The lowest BCUT2D eigenvalue weighted by molar-refractivity contribution is -0.141. The van der Waals surface area contributed by atoms with Crippen LogP contribution in [0.5, 0.6) is 0 Å². The van der Waals surface area contributed by atoms with Gasteiger partial charge in [-0.3, -0.25) is 4.79 Å². The third-order valence-electron chi connectivity index (χ3n) is 3.42. The van der Waals surface area contributed by atoms with Crippen molar-refractivity contribution in [1.29, 1.82) is 0 Å². The summed E-state index contributed by atoms with van der Waals surface area (Å²) < 4.78 is 0. The van der Waals surface area contributed by atoms with Crippen molar-refractivity contribution in [2.24, 2.45) is 5.16 Å². The second kappa shape index (κ2) is 8.55. The molecule has 1 aromatic rings. The molecule has 0 aromatic carbocycles. The number of nitrogens with one attached hydrogen (secondary N) is 2. The predicted molar refractivity (Wildman–Crippen MR) is 98.7 cm³/mol. The summed E-state index contributed by atoms with van der Waals surface area (Å²) in [5.74, 6) is -3.50. The molecule has 2 rings (SSSR count). The molecule has 144 valence electrons. The maximum absolute atomic E-state index is 12.4. The van der Waals surface area contributed by atoms with E-state index >= 15 is 0 Å². The quantitative estimate of drug-likeness (QED) is 0.196. The summed E-state index contributed by atoms with van der Waals surface area (Å²) in [6.45, 7) is 3.52. The number of hydrogen-bond donors (Lipinski definition) is 6. The summed E-state index contributed by atoms with van der Waals surface area (Å²) in [7, 11) is 0. The number of nitrogens with zero attached hydrogens (tertiary/aromatic N) is 2. The number of carboxylic acids is 2. The number of hydrogen-bond acceptors (Lipinski definition) is 10. The molecule has 11 nitrogen and oxygen atoms in total. The van der Waals surface area contributed by atoms with Crippen molar-refractivity contribution in [3.05, 3.63) is 35.0 Å². The molecule has 2 heterocycles. The molecule has 0 fully saturated rings. The molecule has 0 bridgehead atoms. The number of amides is 1. The summed E-state index contributed by atoms with van der Waals surface area (Å²) in [5, 5.41) is 36.0. The van der Waals surface area contributed by atoms with Gasteiger partial charge in [-0.25, -0.2) is 14.6 Å². The molecule has 0 spiro atoms. The Balaban J connectivity index is 2.22. The number of carbonyl (C=O) groups excluding carboxylic acids is 1. The van der Waals surface area contributed by atoms with E-state index in [1.165, 1.54) is 11.5 Å². The Kier molecular flexibility index (Phi) is 6.41. The highest BCUT2D eigenvalue weighted by atomic mass is 32.2. The number of thioether (sulfide) groups is 1. The Hall–Kier alpha value is -3.06. The monoisotopic (exact) mass is 413 g/mol. The zero-order valence-electron chi connectivity index (χ0n) is 13.6. The highest BCUT2D eigenvalue weighted by Gasteiger charge is 2.36. The fraction of sp³-hybridized carbons (Fsp3) is 0.214. The van der Waals surface area contributed by atoms with Crippen molar-refractivity contribution in [3.8, 4) is 0 Å². The SMILES string of the molecule is C=CC1=C(C(=O)O)NC(C(NC(=O)/C(=N/O)c2csc(N)n2)C(=O)O)SC1. The smallest absolute Gasteiger partial charge is 0.352 e. The minimum absolute atomic E-state index is 0.0223. The fourth-order valence-electron chi connectivity index (χ4n) is 2.15. The van der Waals surface area contributed by atoms with Crippen molar-refractivity contribution < 1.29 is 29.8 Å². The third kappa shape index (κ3) is 4.57. The number of nitrogens with two attached hydrogens (primary N) is 1. The second-order valence-electron chi connectivity index (χ2n) is 5.09. The molecule has 27 heavy (non-hydrogen) atoms. The number of allylic oxidation sites excluding steroid dienone is 1. The van der Waals surface area contributed by atoms with Gasteiger partial charge < -0.3 is 31.8 Å². The third-order valence-corrected chi connectivity index (χ3v) is 5.32. The zero-order chi connectivity index (χ0) is 20.1. The number of nitrogen functional groups attached to an aromatic ring is 1. The lowest BCUT2D eigenvalue weighted by Crippen LogP contribution is -2.55. The summed E-state index contributed by atoms with van der Waals surface area (Å²) in [6.07, 6.45) is 1.36. The number of carbonyl (C=O) groups is 3. The number of carboxylic acid groups (broad SMARTS) is 2. The van der Waals surface area contributed by atoms with E-state index in [2.05, 4.69) is 27.4 Å². The molecule has 0 saturated heterocycles. The summed E-state index contributed by atoms with van der Waals surface area (Å²) in [6, 6.07) is -1.52. The van der Waals surface area contributed by atoms with Crippen LogP contribution in [-0.4, -0.2) is 61.1 Å². The van der Waals surface area contributed by atoms with E-state index < -0.39 is 35.0 Å². The van der Waals surface area contributed by atoms with Gasteiger partial charge in [0.05, 0.1) is 0 Å². The highest BCUT2D eigenvalue weighted by Crippen LogP contribution is 2.25. The normalized spacial score (nSPS) is 18.4. The van der Waals surface area contributed by atoms with Crippen LogP contribution in [0.1, 0.15) is 5.69 Å². The molecule has 1 aliphatic rings. The first-order valence-corrected chi connectivity index (χ1v) is 9.15.